The van der Waals surface area contributed by atoms with Crippen molar-refractivity contribution in [2.45, 2.75) is 11.3 Å². The first-order chi connectivity index (χ1) is 9.38. The smallest absolute Gasteiger partial charge is 0.244 e. The minimum Gasteiger partial charge on any atom is -0.396 e. The van der Waals surface area contributed by atoms with E-state index in [9.17, 15) is 17.2 Å². The fourth-order valence-electron chi connectivity index (χ4n) is 1.37. The molecule has 0 unspecified atom stereocenters. The van der Waals surface area contributed by atoms with Gasteiger partial charge in [-0.3, -0.25) is 0 Å². The van der Waals surface area contributed by atoms with Crippen LogP contribution >= 0.6 is 27.7 Å². The molecule has 9 heteroatoms. The van der Waals surface area contributed by atoms with Gasteiger partial charge in [-0.15, -0.1) is 0 Å². The maximum Gasteiger partial charge on any atom is 0.244 e. The Balaban J connectivity index is 2.66. The zero-order valence-corrected chi connectivity index (χ0v) is 13.6. The molecule has 0 spiro atoms. The molecule has 0 saturated heterocycles. The molecule has 20 heavy (non-hydrogen) atoms. The van der Waals surface area contributed by atoms with Gasteiger partial charge in [-0.2, -0.15) is 11.8 Å². The average molecular weight is 390 g/mol. The number of hydrogen-bond acceptors (Lipinski definition) is 4. The number of aliphatic hydroxyl groups is 1. The van der Waals surface area contributed by atoms with Gasteiger partial charge < -0.3 is 5.11 Å². The highest BCUT2D eigenvalue weighted by Crippen LogP contribution is 2.26. The fourth-order valence-corrected chi connectivity index (χ4v) is 4.48. The second-order valence-electron chi connectivity index (χ2n) is 3.79. The van der Waals surface area contributed by atoms with Crippen LogP contribution in [0.25, 0.3) is 0 Å². The van der Waals surface area contributed by atoms with Gasteiger partial charge in [-0.05, 0) is 34.2 Å². The summed E-state index contributed by atoms with van der Waals surface area (Å²) in [5.74, 6) is -0.780. The topological polar surface area (TPSA) is 66.4 Å². The molecular formula is C11H14BrF2NO3S2. The van der Waals surface area contributed by atoms with Crippen LogP contribution in [0.4, 0.5) is 8.78 Å². The SMILES string of the molecule is O=S(=O)(NCCSCCCO)c1c(F)cc(F)cc1Br. The zero-order valence-electron chi connectivity index (χ0n) is 10.4. The Morgan fingerprint density at radius 2 is 2.00 bits per heavy atom. The van der Waals surface area contributed by atoms with E-state index in [4.69, 9.17) is 5.11 Å². The van der Waals surface area contributed by atoms with E-state index in [1.54, 1.807) is 0 Å². The Morgan fingerprint density at radius 1 is 1.30 bits per heavy atom. The van der Waals surface area contributed by atoms with Gasteiger partial charge in [0, 0.05) is 29.4 Å². The summed E-state index contributed by atoms with van der Waals surface area (Å²) in [6, 6.07) is 1.42. The van der Waals surface area contributed by atoms with Crippen LogP contribution in [0.2, 0.25) is 0 Å². The van der Waals surface area contributed by atoms with Crippen molar-refractivity contribution >= 4 is 37.7 Å². The van der Waals surface area contributed by atoms with E-state index in [-0.39, 0.29) is 17.6 Å². The van der Waals surface area contributed by atoms with E-state index in [0.29, 0.717) is 24.0 Å². The van der Waals surface area contributed by atoms with Gasteiger partial charge in [0.05, 0.1) is 0 Å². The summed E-state index contributed by atoms with van der Waals surface area (Å²) < 4.78 is 52.4. The van der Waals surface area contributed by atoms with Gasteiger partial charge >= 0.3 is 0 Å². The van der Waals surface area contributed by atoms with E-state index >= 15 is 0 Å². The third-order valence-corrected chi connectivity index (χ3v) is 5.71. The number of aliphatic hydroxyl groups excluding tert-OH is 1. The first kappa shape index (κ1) is 17.8. The van der Waals surface area contributed by atoms with Crippen molar-refractivity contribution < 1.29 is 22.3 Å². The van der Waals surface area contributed by atoms with Crippen LogP contribution in [0.5, 0.6) is 0 Å². The quantitative estimate of drug-likeness (QED) is 0.668. The maximum absolute atomic E-state index is 13.6. The van der Waals surface area contributed by atoms with Crippen LogP contribution in [0.1, 0.15) is 6.42 Å². The van der Waals surface area contributed by atoms with Crippen molar-refractivity contribution in [3.63, 3.8) is 0 Å². The lowest BCUT2D eigenvalue weighted by Gasteiger charge is -2.09. The van der Waals surface area contributed by atoms with Gasteiger partial charge in [-0.25, -0.2) is 21.9 Å². The molecule has 0 atom stereocenters. The molecule has 1 rings (SSSR count). The van der Waals surface area contributed by atoms with Crippen molar-refractivity contribution in [3.8, 4) is 0 Å². The lowest BCUT2D eigenvalue weighted by atomic mass is 10.3. The molecule has 114 valence electrons. The molecule has 0 bridgehead atoms. The van der Waals surface area contributed by atoms with E-state index in [2.05, 4.69) is 20.7 Å². The summed E-state index contributed by atoms with van der Waals surface area (Å²) >= 11 is 4.32. The Hall–Kier alpha value is -0.220. The first-order valence-electron chi connectivity index (χ1n) is 5.71. The predicted molar refractivity (Wildman–Crippen MR) is 78.3 cm³/mol. The second-order valence-corrected chi connectivity index (χ2v) is 7.57. The van der Waals surface area contributed by atoms with E-state index in [1.165, 1.54) is 11.8 Å². The standard InChI is InChI=1S/C11H14BrF2NO3S2/c12-9-6-8(13)7-10(14)11(9)20(17,18)15-2-5-19-4-1-3-16/h6-7,15-16H,1-5H2. The molecule has 4 nitrogen and oxygen atoms in total. The Bertz CT molecular complexity index is 532. The Kier molecular flexibility index (Phi) is 7.38. The van der Waals surface area contributed by atoms with Crippen molar-refractivity contribution in [2.24, 2.45) is 0 Å². The highest BCUT2D eigenvalue weighted by Gasteiger charge is 2.23. The molecule has 0 aliphatic carbocycles. The lowest BCUT2D eigenvalue weighted by molar-refractivity contribution is 0.296. The summed E-state index contributed by atoms with van der Waals surface area (Å²) in [7, 11) is -4.03. The normalized spacial score (nSPS) is 11.8. The third-order valence-electron chi connectivity index (χ3n) is 2.22. The minimum absolute atomic E-state index is 0.0897. The van der Waals surface area contributed by atoms with Crippen molar-refractivity contribution in [3.05, 3.63) is 28.2 Å². The number of nitrogens with one attached hydrogen (secondary N) is 1. The molecular weight excluding hydrogens is 376 g/mol. The highest BCUT2D eigenvalue weighted by molar-refractivity contribution is 9.10. The van der Waals surface area contributed by atoms with Gasteiger partial charge in [-0.1, -0.05) is 0 Å². The first-order valence-corrected chi connectivity index (χ1v) is 9.14. The molecule has 1 aromatic carbocycles. The highest BCUT2D eigenvalue weighted by atomic mass is 79.9. The number of thioether (sulfide) groups is 1. The van der Waals surface area contributed by atoms with Crippen LogP contribution in [-0.4, -0.2) is 38.2 Å². The third kappa shape index (κ3) is 5.28. The van der Waals surface area contributed by atoms with Crippen molar-refractivity contribution in [1.82, 2.24) is 4.72 Å². The fraction of sp³-hybridized carbons (Fsp3) is 0.455. The number of rotatable bonds is 8. The Labute approximate surface area is 129 Å². The molecule has 1 aromatic rings. The van der Waals surface area contributed by atoms with Gasteiger partial charge in [0.1, 0.15) is 16.5 Å². The van der Waals surface area contributed by atoms with Crippen LogP contribution in [0, 0.1) is 11.6 Å². The lowest BCUT2D eigenvalue weighted by Crippen LogP contribution is -2.27. The minimum atomic E-state index is -4.03. The summed E-state index contributed by atoms with van der Waals surface area (Å²) in [6.07, 6.45) is 0.634. The monoisotopic (exact) mass is 389 g/mol. The molecule has 0 amide bonds. The molecule has 0 aromatic heterocycles. The van der Waals surface area contributed by atoms with Crippen LogP contribution in [-0.2, 0) is 10.0 Å². The van der Waals surface area contributed by atoms with Gasteiger partial charge in [0.15, 0.2) is 0 Å². The molecule has 0 saturated carbocycles. The largest absolute Gasteiger partial charge is 0.396 e. The summed E-state index contributed by atoms with van der Waals surface area (Å²) in [5.41, 5.74) is 0. The second kappa shape index (κ2) is 8.28. The zero-order chi connectivity index (χ0) is 15.2. The molecule has 2 N–H and O–H groups in total. The summed E-state index contributed by atoms with van der Waals surface area (Å²) in [4.78, 5) is -0.598. The summed E-state index contributed by atoms with van der Waals surface area (Å²) in [6.45, 7) is 0.216. The van der Waals surface area contributed by atoms with Crippen molar-refractivity contribution in [2.75, 3.05) is 24.7 Å². The number of halogens is 3. The molecule has 0 heterocycles. The van der Waals surface area contributed by atoms with E-state index < -0.39 is 26.6 Å². The van der Waals surface area contributed by atoms with Gasteiger partial charge in [0.25, 0.3) is 0 Å². The van der Waals surface area contributed by atoms with Crippen LogP contribution < -0.4 is 4.72 Å². The molecule has 0 aliphatic heterocycles. The average Bonchev–Trinajstić information content (AvgIpc) is 2.31. The van der Waals surface area contributed by atoms with Crippen molar-refractivity contribution in [1.29, 1.82) is 0 Å². The van der Waals surface area contributed by atoms with Gasteiger partial charge in [0.2, 0.25) is 10.0 Å². The molecule has 0 aliphatic rings. The van der Waals surface area contributed by atoms with Crippen LogP contribution in [0.15, 0.2) is 21.5 Å². The number of sulfonamides is 1. The number of benzene rings is 1. The van der Waals surface area contributed by atoms with Crippen LogP contribution in [0.3, 0.4) is 0 Å². The molecule has 0 fully saturated rings. The predicted octanol–water partition coefficient (Wildman–Crippen LogP) is 2.12. The number of hydrogen-bond donors (Lipinski definition) is 2. The van der Waals surface area contributed by atoms with E-state index in [1.807, 2.05) is 0 Å². The summed E-state index contributed by atoms with van der Waals surface area (Å²) in [5, 5.41) is 8.58. The van der Waals surface area contributed by atoms with E-state index in [0.717, 1.165) is 6.07 Å². The Morgan fingerprint density at radius 3 is 2.60 bits per heavy atom. The maximum atomic E-state index is 13.6. The molecule has 0 radical (unpaired) electrons.